The largest absolute Gasteiger partial charge is 0.260 e. The molecule has 5 aromatic rings. The van der Waals surface area contributed by atoms with Gasteiger partial charge in [0.05, 0.1) is 0 Å². The number of allylic oxidation sites excluding steroid dienone is 5. The summed E-state index contributed by atoms with van der Waals surface area (Å²) in [6, 6.07) is 49.5. The predicted molar refractivity (Wildman–Crippen MR) is 207 cm³/mol. The van der Waals surface area contributed by atoms with E-state index in [-0.39, 0.29) is 0 Å². The lowest BCUT2D eigenvalue weighted by atomic mass is 9.95. The molecule has 2 nitrogen and oxygen atoms in total. The lowest BCUT2D eigenvalue weighted by Gasteiger charge is -2.12. The van der Waals surface area contributed by atoms with Crippen LogP contribution >= 0.6 is 0 Å². The van der Waals surface area contributed by atoms with Gasteiger partial charge in [-0.25, -0.2) is 0 Å². The molecule has 0 bridgehead atoms. The highest BCUT2D eigenvalue weighted by molar-refractivity contribution is 5.73. The molecule has 0 aliphatic heterocycles. The molecule has 240 valence electrons. The summed E-state index contributed by atoms with van der Waals surface area (Å²) in [5.74, 6) is 0. The van der Waals surface area contributed by atoms with E-state index in [0.29, 0.717) is 6.04 Å². The van der Waals surface area contributed by atoms with Gasteiger partial charge in [0.25, 0.3) is 0 Å². The van der Waals surface area contributed by atoms with Crippen LogP contribution in [0.5, 0.6) is 0 Å². The lowest BCUT2D eigenvalue weighted by molar-refractivity contribution is 0.505. The van der Waals surface area contributed by atoms with Gasteiger partial charge in [-0.15, -0.1) is 0 Å². The minimum Gasteiger partial charge on any atom is -0.260 e. The van der Waals surface area contributed by atoms with E-state index < -0.39 is 0 Å². The van der Waals surface area contributed by atoms with Gasteiger partial charge >= 0.3 is 0 Å². The molecule has 0 aliphatic rings. The highest BCUT2D eigenvalue weighted by atomic mass is 15.3. The maximum atomic E-state index is 3.63. The van der Waals surface area contributed by atoms with E-state index >= 15 is 0 Å². The van der Waals surface area contributed by atoms with Crippen LogP contribution in [0.4, 0.5) is 0 Å². The summed E-state index contributed by atoms with van der Waals surface area (Å²) in [5.41, 5.74) is 15.9. The zero-order valence-electron chi connectivity index (χ0n) is 28.9. The van der Waals surface area contributed by atoms with Crippen LogP contribution < -0.4 is 10.9 Å². The molecular weight excluding hydrogens is 569 g/mol. The molecule has 0 saturated heterocycles. The van der Waals surface area contributed by atoms with E-state index in [4.69, 9.17) is 0 Å². The van der Waals surface area contributed by atoms with Gasteiger partial charge in [0.1, 0.15) is 0 Å². The van der Waals surface area contributed by atoms with Crippen molar-refractivity contribution >= 4 is 12.2 Å². The first-order chi connectivity index (χ1) is 22.9. The quantitative estimate of drug-likeness (QED) is 0.134. The Labute approximate surface area is 284 Å². The molecule has 2 N–H and O–H groups in total. The molecular formula is C45H50N2. The highest BCUT2D eigenvalue weighted by Gasteiger charge is 2.05. The summed E-state index contributed by atoms with van der Waals surface area (Å²) >= 11 is 0. The van der Waals surface area contributed by atoms with Crippen LogP contribution in [-0.4, -0.2) is 7.05 Å². The summed E-state index contributed by atoms with van der Waals surface area (Å²) in [6.45, 7) is 14.1. The number of hydrazine groups is 1. The summed E-state index contributed by atoms with van der Waals surface area (Å²) < 4.78 is 0. The molecule has 0 spiro atoms. The van der Waals surface area contributed by atoms with E-state index in [1.165, 1.54) is 39.0 Å². The molecule has 47 heavy (non-hydrogen) atoms. The van der Waals surface area contributed by atoms with Crippen LogP contribution in [0, 0.1) is 26.0 Å². The van der Waals surface area contributed by atoms with Crippen molar-refractivity contribution in [1.29, 1.82) is 0 Å². The Kier molecular flexibility index (Phi) is 18.7. The summed E-state index contributed by atoms with van der Waals surface area (Å²) in [7, 11) is 1.87. The van der Waals surface area contributed by atoms with Gasteiger partial charge in [0.15, 0.2) is 0 Å². The van der Waals surface area contributed by atoms with Crippen LogP contribution in [0.25, 0.3) is 23.3 Å². The van der Waals surface area contributed by atoms with Crippen molar-refractivity contribution in [2.24, 2.45) is 0 Å². The molecule has 1 atom stereocenters. The number of aryl methyl sites for hydroxylation is 1. The van der Waals surface area contributed by atoms with Crippen molar-refractivity contribution in [2.75, 3.05) is 7.05 Å². The van der Waals surface area contributed by atoms with Gasteiger partial charge in [0, 0.05) is 11.6 Å². The minimum absolute atomic E-state index is 0.362. The van der Waals surface area contributed by atoms with Crippen LogP contribution in [0.15, 0.2) is 164 Å². The first-order valence-corrected chi connectivity index (χ1v) is 16.0. The molecule has 0 fully saturated rings. The number of nitrogens with one attached hydrogen (secondary N) is 2. The fourth-order valence-corrected chi connectivity index (χ4v) is 4.42. The molecule has 0 radical (unpaired) electrons. The monoisotopic (exact) mass is 618 g/mol. The topological polar surface area (TPSA) is 24.1 Å². The van der Waals surface area contributed by atoms with Crippen molar-refractivity contribution in [1.82, 2.24) is 10.9 Å². The number of hydrogen-bond donors (Lipinski definition) is 2. The third-order valence-corrected chi connectivity index (χ3v) is 6.97. The Morgan fingerprint density at radius 1 is 0.745 bits per heavy atom. The second-order valence-electron chi connectivity index (χ2n) is 10.8. The van der Waals surface area contributed by atoms with Crippen LogP contribution in [-0.2, 0) is 0 Å². The molecule has 0 aromatic heterocycles. The number of benzene rings is 4. The molecule has 5 aromatic carbocycles. The van der Waals surface area contributed by atoms with Gasteiger partial charge in [-0.2, -0.15) is 0 Å². The highest BCUT2D eigenvalue weighted by Crippen LogP contribution is 2.27. The van der Waals surface area contributed by atoms with Crippen molar-refractivity contribution in [2.45, 2.75) is 40.7 Å². The normalized spacial score (nSPS) is 11.1. The van der Waals surface area contributed by atoms with Gasteiger partial charge in [-0.3, -0.25) is 10.9 Å². The second kappa shape index (κ2) is 23.2. The smallest absolute Gasteiger partial charge is 0.0434 e. The summed E-state index contributed by atoms with van der Waals surface area (Å²) in [4.78, 5) is 0. The molecule has 0 heterocycles. The van der Waals surface area contributed by atoms with Gasteiger partial charge in [-0.1, -0.05) is 170 Å². The zero-order chi connectivity index (χ0) is 34.1. The SMILES string of the molecule is C=Cc1ccccc1.CNNC(C)c1ccccc1.C\C=C/C=C\C(C)=C\c1ccc(C)c(-c2ccc#cc2C)c1.c1ccccc1. The van der Waals surface area contributed by atoms with Gasteiger partial charge in [-0.05, 0) is 93.2 Å². The van der Waals surface area contributed by atoms with Gasteiger partial charge in [0.2, 0.25) is 0 Å². The average molecular weight is 619 g/mol. The first kappa shape index (κ1) is 38.0. The first-order valence-electron chi connectivity index (χ1n) is 16.0. The molecule has 2 heteroatoms. The van der Waals surface area contributed by atoms with Crippen LogP contribution in [0.3, 0.4) is 0 Å². The Balaban J connectivity index is 0.000000252. The third kappa shape index (κ3) is 15.6. The Morgan fingerprint density at radius 3 is 1.87 bits per heavy atom. The van der Waals surface area contributed by atoms with E-state index in [2.05, 4.69) is 112 Å². The predicted octanol–water partition coefficient (Wildman–Crippen LogP) is 11.6. The lowest BCUT2D eigenvalue weighted by Crippen LogP contribution is -2.30. The molecule has 1 unspecified atom stereocenters. The average Bonchev–Trinajstić information content (AvgIpc) is 3.12. The molecule has 0 saturated carbocycles. The Morgan fingerprint density at radius 2 is 1.34 bits per heavy atom. The van der Waals surface area contributed by atoms with Crippen molar-refractivity contribution < 1.29 is 0 Å². The fraction of sp³-hybridized carbons (Fsp3) is 0.156. The molecule has 0 amide bonds. The zero-order valence-corrected chi connectivity index (χ0v) is 28.9. The van der Waals surface area contributed by atoms with Crippen LogP contribution in [0.1, 0.15) is 54.6 Å². The van der Waals surface area contributed by atoms with Gasteiger partial charge < -0.3 is 0 Å². The summed E-state index contributed by atoms with van der Waals surface area (Å²) in [6.07, 6.45) is 12.3. The fourth-order valence-electron chi connectivity index (χ4n) is 4.42. The van der Waals surface area contributed by atoms with E-state index in [1.807, 2.05) is 123 Å². The van der Waals surface area contributed by atoms with E-state index in [9.17, 15) is 0 Å². The maximum Gasteiger partial charge on any atom is 0.0434 e. The van der Waals surface area contributed by atoms with Crippen molar-refractivity contribution in [3.05, 3.63) is 204 Å². The number of hydrogen-bond acceptors (Lipinski definition) is 2. The Bertz CT molecular complexity index is 1610. The minimum atomic E-state index is 0.362. The van der Waals surface area contributed by atoms with E-state index in [1.54, 1.807) is 0 Å². The standard InChI is InChI=1S/C22H22.C9H14N2.C8H8.C6H6/c1-5-6-7-10-17(2)15-20-14-13-19(4)22(16-20)21-12-9-8-11-18(21)3;1-8(11-10-2)9-6-4-3-5-7-9;1-2-8-6-4-3-5-7-8;1-2-4-6-5-3-1/h5-7,9-10,12-16H,1-4H3;3-8,10-11H,1-2H3;2-7H,1H2;1-6H/b6-5-,10-7-,17-15+;;;. The third-order valence-electron chi connectivity index (χ3n) is 6.97. The van der Waals surface area contributed by atoms with Crippen molar-refractivity contribution in [3.63, 3.8) is 0 Å². The van der Waals surface area contributed by atoms with Crippen LogP contribution in [0.2, 0.25) is 0 Å². The molecule has 5 rings (SSSR count). The van der Waals surface area contributed by atoms with E-state index in [0.717, 1.165) is 5.56 Å². The Hall–Kier alpha value is -5.20. The summed E-state index contributed by atoms with van der Waals surface area (Å²) in [5, 5.41) is 0. The second-order valence-corrected chi connectivity index (χ2v) is 10.8. The number of rotatable bonds is 8. The van der Waals surface area contributed by atoms with Crippen molar-refractivity contribution in [3.8, 4) is 11.1 Å². The molecule has 0 aliphatic carbocycles. The maximum absolute atomic E-state index is 3.63.